The Balaban J connectivity index is 1.31. The summed E-state index contributed by atoms with van der Waals surface area (Å²) in [7, 11) is -3.07. The molecular weight excluding hydrogens is 500 g/mol. The van der Waals surface area contributed by atoms with E-state index >= 15 is 0 Å². The van der Waals surface area contributed by atoms with Crippen molar-refractivity contribution >= 4 is 27.2 Å². The van der Waals surface area contributed by atoms with Crippen LogP contribution in [-0.2, 0) is 15.4 Å². The third-order valence-corrected chi connectivity index (χ3v) is 10.8. The van der Waals surface area contributed by atoms with Gasteiger partial charge in [0.05, 0.1) is 16.4 Å². The van der Waals surface area contributed by atoms with Crippen molar-refractivity contribution in [2.75, 3.05) is 30.8 Å². The molecule has 3 aromatic rings. The second-order valence-corrected chi connectivity index (χ2v) is 13.6. The highest BCUT2D eigenvalue weighted by molar-refractivity contribution is 7.91. The van der Waals surface area contributed by atoms with Gasteiger partial charge in [-0.2, -0.15) is 0 Å². The van der Waals surface area contributed by atoms with Crippen LogP contribution in [0.3, 0.4) is 0 Å². The maximum atomic E-state index is 14.2. The Morgan fingerprint density at radius 3 is 2.42 bits per heavy atom. The molecule has 2 aliphatic heterocycles. The van der Waals surface area contributed by atoms with Crippen LogP contribution in [0.4, 0.5) is 5.95 Å². The van der Waals surface area contributed by atoms with Crippen LogP contribution in [0.1, 0.15) is 61.0 Å². The number of aromatic nitrogens is 2. The average Bonchev–Trinajstić information content (AvgIpc) is 3.33. The molecular formula is C29H36N4O4S. The second kappa shape index (κ2) is 9.68. The Bertz CT molecular complexity index is 1430. The molecule has 3 atom stereocenters. The lowest BCUT2D eigenvalue weighted by Gasteiger charge is -2.52. The third kappa shape index (κ3) is 4.29. The molecule has 0 spiro atoms. The van der Waals surface area contributed by atoms with E-state index in [4.69, 9.17) is 4.98 Å². The van der Waals surface area contributed by atoms with Crippen molar-refractivity contribution in [1.29, 1.82) is 0 Å². The topological polar surface area (TPSA) is 95.2 Å². The largest absolute Gasteiger partial charge is 0.385 e. The summed E-state index contributed by atoms with van der Waals surface area (Å²) in [6.07, 6.45) is 8.71. The predicted molar refractivity (Wildman–Crippen MR) is 147 cm³/mol. The van der Waals surface area contributed by atoms with E-state index in [9.17, 15) is 18.3 Å². The van der Waals surface area contributed by atoms with Gasteiger partial charge in [-0.3, -0.25) is 9.20 Å². The molecule has 3 aliphatic rings. The molecule has 0 bridgehead atoms. The van der Waals surface area contributed by atoms with Crippen LogP contribution in [-0.4, -0.2) is 70.9 Å². The summed E-state index contributed by atoms with van der Waals surface area (Å²) in [5.74, 6) is 0.589. The van der Waals surface area contributed by atoms with E-state index in [-0.39, 0.29) is 23.1 Å². The second-order valence-electron chi connectivity index (χ2n) is 11.2. The Morgan fingerprint density at radius 1 is 0.974 bits per heavy atom. The van der Waals surface area contributed by atoms with Gasteiger partial charge in [0, 0.05) is 44.0 Å². The smallest absolute Gasteiger partial charge is 0.275 e. The lowest BCUT2D eigenvalue weighted by Crippen LogP contribution is -2.59. The molecule has 3 fully saturated rings. The minimum absolute atomic E-state index is 0.0141. The van der Waals surface area contributed by atoms with E-state index in [0.29, 0.717) is 50.5 Å². The molecule has 38 heavy (non-hydrogen) atoms. The van der Waals surface area contributed by atoms with E-state index < -0.39 is 15.4 Å². The number of anilines is 1. The number of piperidine rings is 2. The quantitative estimate of drug-likeness (QED) is 0.547. The third-order valence-electron chi connectivity index (χ3n) is 9.07. The van der Waals surface area contributed by atoms with Gasteiger partial charge in [0.1, 0.15) is 9.84 Å². The molecule has 9 heteroatoms. The van der Waals surface area contributed by atoms with E-state index in [0.717, 1.165) is 36.8 Å². The fourth-order valence-electron chi connectivity index (χ4n) is 7.04. The molecule has 1 aliphatic carbocycles. The number of fused-ring (bicyclic) bond motifs is 2. The summed E-state index contributed by atoms with van der Waals surface area (Å²) in [6, 6.07) is 15.7. The summed E-state index contributed by atoms with van der Waals surface area (Å²) in [5, 5.41) is 11.6. The predicted octanol–water partition coefficient (Wildman–Crippen LogP) is 3.64. The van der Waals surface area contributed by atoms with Crippen molar-refractivity contribution in [2.45, 2.75) is 61.8 Å². The van der Waals surface area contributed by atoms with Crippen molar-refractivity contribution in [3.63, 3.8) is 0 Å². The van der Waals surface area contributed by atoms with E-state index in [2.05, 4.69) is 4.90 Å². The summed E-state index contributed by atoms with van der Waals surface area (Å²) in [6.45, 7) is 1.64. The molecule has 2 aromatic heterocycles. The molecule has 1 saturated carbocycles. The number of aliphatic hydroxyl groups is 1. The van der Waals surface area contributed by atoms with Crippen LogP contribution in [0.2, 0.25) is 0 Å². The molecule has 2 saturated heterocycles. The van der Waals surface area contributed by atoms with Gasteiger partial charge in [0.2, 0.25) is 5.95 Å². The van der Waals surface area contributed by atoms with Crippen molar-refractivity contribution in [2.24, 2.45) is 5.92 Å². The first-order valence-electron chi connectivity index (χ1n) is 13.8. The van der Waals surface area contributed by atoms with Crippen molar-refractivity contribution in [1.82, 2.24) is 14.3 Å². The first-order chi connectivity index (χ1) is 18.3. The maximum Gasteiger partial charge on any atom is 0.275 e. The van der Waals surface area contributed by atoms with Gasteiger partial charge in [-0.1, -0.05) is 49.2 Å². The van der Waals surface area contributed by atoms with Gasteiger partial charge in [0.15, 0.2) is 5.69 Å². The van der Waals surface area contributed by atoms with Crippen LogP contribution in [0, 0.1) is 5.92 Å². The van der Waals surface area contributed by atoms with Crippen molar-refractivity contribution in [3.8, 4) is 0 Å². The first-order valence-corrected chi connectivity index (χ1v) is 15.7. The van der Waals surface area contributed by atoms with Gasteiger partial charge >= 0.3 is 0 Å². The Morgan fingerprint density at radius 2 is 1.68 bits per heavy atom. The SMILES string of the molecule is CS(=O)(=O)C1CCN(c2nc(C(=O)N3CC[C@@](O)(c4ccccc4)[C@@H]4CCCC[C@@H]43)c3ccccn23)CC1. The Kier molecular flexibility index (Phi) is 6.46. The number of hydrogen-bond donors (Lipinski definition) is 1. The lowest BCUT2D eigenvalue weighted by molar-refractivity contribution is -0.110. The monoisotopic (exact) mass is 536 g/mol. The molecule has 1 aromatic carbocycles. The number of rotatable bonds is 4. The van der Waals surface area contributed by atoms with Crippen LogP contribution in [0.25, 0.3) is 5.52 Å². The summed E-state index contributed by atoms with van der Waals surface area (Å²) >= 11 is 0. The van der Waals surface area contributed by atoms with Crippen molar-refractivity contribution < 1.29 is 18.3 Å². The standard InChI is InChI=1S/C29H36N4O4S/c1-38(36,37)22-14-18-31(19-15-22)28-30-26(25-13-7-8-17-33(25)28)27(34)32-20-16-29(35,21-9-3-2-4-10-21)23-11-5-6-12-24(23)32/h2-4,7-10,13,17,22-24,35H,5-6,11-12,14-16,18-20H2,1H3/t23-,24+,29-/m1/s1. The number of carbonyl (C=O) groups excluding carboxylic acids is 1. The Hall–Kier alpha value is -2.91. The molecule has 1 amide bonds. The van der Waals surface area contributed by atoms with E-state index in [1.807, 2.05) is 64.0 Å². The normalized spacial score (nSPS) is 26.9. The molecule has 202 valence electrons. The van der Waals surface area contributed by atoms with Crippen molar-refractivity contribution in [3.05, 3.63) is 66.0 Å². The van der Waals surface area contributed by atoms with Crippen LogP contribution < -0.4 is 4.90 Å². The molecule has 0 unspecified atom stereocenters. The first kappa shape index (κ1) is 25.4. The van der Waals surface area contributed by atoms with Gasteiger partial charge in [0.25, 0.3) is 5.91 Å². The number of carbonyl (C=O) groups is 1. The Labute approximate surface area is 224 Å². The summed E-state index contributed by atoms with van der Waals surface area (Å²) in [4.78, 5) is 23.1. The zero-order valence-electron chi connectivity index (χ0n) is 21.9. The molecule has 6 rings (SSSR count). The minimum Gasteiger partial charge on any atom is -0.385 e. The molecule has 8 nitrogen and oxygen atoms in total. The number of amides is 1. The zero-order valence-corrected chi connectivity index (χ0v) is 22.7. The number of pyridine rings is 1. The number of sulfone groups is 1. The highest BCUT2D eigenvalue weighted by Crippen LogP contribution is 2.47. The number of benzene rings is 1. The molecule has 1 N–H and O–H groups in total. The number of hydrogen-bond acceptors (Lipinski definition) is 6. The average molecular weight is 537 g/mol. The highest BCUT2D eigenvalue weighted by Gasteiger charge is 2.50. The highest BCUT2D eigenvalue weighted by atomic mass is 32.2. The number of likely N-dealkylation sites (tertiary alicyclic amines) is 1. The van der Waals surface area contributed by atoms with E-state index in [1.165, 1.54) is 6.26 Å². The number of nitrogens with zero attached hydrogens (tertiary/aromatic N) is 4. The summed E-state index contributed by atoms with van der Waals surface area (Å²) < 4.78 is 26.1. The van der Waals surface area contributed by atoms with E-state index in [1.54, 1.807) is 0 Å². The molecule has 0 radical (unpaired) electrons. The van der Waals surface area contributed by atoms with Gasteiger partial charge in [-0.05, 0) is 49.8 Å². The lowest BCUT2D eigenvalue weighted by atomic mass is 9.66. The fourth-order valence-corrected chi connectivity index (χ4v) is 8.11. The summed E-state index contributed by atoms with van der Waals surface area (Å²) in [5.41, 5.74) is 1.19. The maximum absolute atomic E-state index is 14.2. The van der Waals surface area contributed by atoms with Gasteiger partial charge in [-0.25, -0.2) is 13.4 Å². The molecule has 4 heterocycles. The fraction of sp³-hybridized carbons (Fsp3) is 0.517. The van der Waals surface area contributed by atoms with Gasteiger partial charge < -0.3 is 14.9 Å². The van der Waals surface area contributed by atoms with Gasteiger partial charge in [-0.15, -0.1) is 0 Å². The van der Waals surface area contributed by atoms with Crippen LogP contribution >= 0.6 is 0 Å². The van der Waals surface area contributed by atoms with Crippen LogP contribution in [0.5, 0.6) is 0 Å². The minimum atomic E-state index is -3.07. The number of imidazole rings is 1. The zero-order chi connectivity index (χ0) is 26.5. The van der Waals surface area contributed by atoms with Crippen LogP contribution in [0.15, 0.2) is 54.7 Å².